The Morgan fingerprint density at radius 2 is 1.68 bits per heavy atom. The summed E-state index contributed by atoms with van der Waals surface area (Å²) in [5.74, 6) is -0.252. The van der Waals surface area contributed by atoms with Crippen LogP contribution in [0.25, 0.3) is 0 Å². The molecular weight excluding hydrogens is 240 g/mol. The Hall–Kier alpha value is -2.10. The highest BCUT2D eigenvalue weighted by Crippen LogP contribution is 2.14. The fraction of sp³-hybridized carbons (Fsp3) is 0.333. The maximum Gasteiger partial charge on any atom is 0.269 e. The van der Waals surface area contributed by atoms with E-state index in [1.807, 2.05) is 39.8 Å². The zero-order chi connectivity index (χ0) is 14.5. The Labute approximate surface area is 113 Å². The Morgan fingerprint density at radius 1 is 1.11 bits per heavy atom. The molecule has 2 N–H and O–H groups in total. The molecule has 0 bridgehead atoms. The van der Waals surface area contributed by atoms with Crippen LogP contribution in [-0.2, 0) is 4.79 Å². The topological polar surface area (TPSA) is 58.2 Å². The van der Waals surface area contributed by atoms with E-state index in [0.29, 0.717) is 5.56 Å². The quantitative estimate of drug-likeness (QED) is 0.645. The molecule has 4 heteroatoms. The second kappa shape index (κ2) is 6.18. The minimum absolute atomic E-state index is 0.00964. The maximum absolute atomic E-state index is 11.7. The van der Waals surface area contributed by atoms with Gasteiger partial charge < -0.3 is 5.43 Å². The van der Waals surface area contributed by atoms with Crippen molar-refractivity contribution < 1.29 is 9.59 Å². The summed E-state index contributed by atoms with van der Waals surface area (Å²) < 4.78 is 0. The summed E-state index contributed by atoms with van der Waals surface area (Å²) in [4.78, 5) is 23.3. The third kappa shape index (κ3) is 4.95. The van der Waals surface area contributed by atoms with Crippen LogP contribution in [0.3, 0.4) is 0 Å². The normalized spacial score (nSPS) is 11.4. The monoisotopic (exact) mass is 260 g/mol. The number of carbonyl (C=O) groups is 2. The summed E-state index contributed by atoms with van der Waals surface area (Å²) in [7, 11) is 0. The molecule has 0 fully saturated rings. The summed E-state index contributed by atoms with van der Waals surface area (Å²) >= 11 is 0. The number of hydrogen-bond acceptors (Lipinski definition) is 3. The Kier molecular flexibility index (Phi) is 4.87. The number of benzene rings is 1. The van der Waals surface area contributed by atoms with Crippen molar-refractivity contribution in [2.24, 2.45) is 5.41 Å². The molecule has 0 saturated carbocycles. The van der Waals surface area contributed by atoms with Gasteiger partial charge in [-0.1, -0.05) is 38.5 Å². The number of carbonyl (C=O) groups excluding carboxylic acids is 2. The second-order valence-corrected chi connectivity index (χ2v) is 5.41. The smallest absolute Gasteiger partial charge is 0.269 e. The molecule has 0 atom stereocenters. The molecule has 4 nitrogen and oxygen atoms in total. The van der Waals surface area contributed by atoms with Crippen molar-refractivity contribution in [1.29, 1.82) is 0 Å². The Balaban J connectivity index is 2.46. The van der Waals surface area contributed by atoms with Crippen LogP contribution in [0.2, 0.25) is 0 Å². The number of ketones is 1. The predicted molar refractivity (Wildman–Crippen MR) is 75.4 cm³/mol. The predicted octanol–water partition coefficient (Wildman–Crippen LogP) is 2.36. The zero-order valence-electron chi connectivity index (χ0n) is 11.8. The van der Waals surface area contributed by atoms with Gasteiger partial charge >= 0.3 is 0 Å². The molecule has 1 aromatic carbocycles. The van der Waals surface area contributed by atoms with Crippen molar-refractivity contribution in [3.63, 3.8) is 0 Å². The van der Waals surface area contributed by atoms with Crippen LogP contribution in [0.15, 0.2) is 36.5 Å². The molecule has 0 aromatic heterocycles. The Bertz CT molecular complexity index is 482. The molecule has 1 amide bonds. The van der Waals surface area contributed by atoms with Gasteiger partial charge in [-0.2, -0.15) is 0 Å². The third-order valence-corrected chi connectivity index (χ3v) is 2.56. The largest absolute Gasteiger partial charge is 0.306 e. The molecule has 0 aliphatic heterocycles. The average molecular weight is 260 g/mol. The van der Waals surface area contributed by atoms with E-state index < -0.39 is 5.41 Å². The van der Waals surface area contributed by atoms with E-state index in [4.69, 9.17) is 0 Å². The number of hydrazine groups is 1. The van der Waals surface area contributed by atoms with Crippen molar-refractivity contribution >= 4 is 11.7 Å². The second-order valence-electron chi connectivity index (χ2n) is 5.41. The Morgan fingerprint density at radius 3 is 2.21 bits per heavy atom. The molecule has 1 aromatic rings. The fourth-order valence-corrected chi connectivity index (χ4v) is 1.25. The van der Waals surface area contributed by atoms with Gasteiger partial charge in [0, 0.05) is 17.2 Å². The van der Waals surface area contributed by atoms with Crippen LogP contribution in [0.4, 0.5) is 0 Å². The lowest BCUT2D eigenvalue weighted by Crippen LogP contribution is -2.33. The zero-order valence-corrected chi connectivity index (χ0v) is 11.8. The summed E-state index contributed by atoms with van der Waals surface area (Å²) in [6.45, 7) is 7.47. The van der Waals surface area contributed by atoms with E-state index in [0.717, 1.165) is 5.56 Å². The van der Waals surface area contributed by atoms with Gasteiger partial charge in [-0.25, -0.2) is 0 Å². The number of amides is 1. The van der Waals surface area contributed by atoms with E-state index in [1.165, 1.54) is 12.3 Å². The minimum atomic E-state index is -0.418. The van der Waals surface area contributed by atoms with Crippen molar-refractivity contribution in [2.75, 3.05) is 0 Å². The molecule has 0 unspecified atom stereocenters. The minimum Gasteiger partial charge on any atom is -0.306 e. The maximum atomic E-state index is 11.7. The first-order valence-corrected chi connectivity index (χ1v) is 6.14. The van der Waals surface area contributed by atoms with Gasteiger partial charge in [-0.3, -0.25) is 15.0 Å². The molecule has 0 saturated heterocycles. The molecule has 19 heavy (non-hydrogen) atoms. The van der Waals surface area contributed by atoms with E-state index in [9.17, 15) is 9.59 Å². The molecule has 0 spiro atoms. The van der Waals surface area contributed by atoms with E-state index in [2.05, 4.69) is 10.9 Å². The average Bonchev–Trinajstić information content (AvgIpc) is 2.33. The van der Waals surface area contributed by atoms with Crippen molar-refractivity contribution in [3.05, 3.63) is 47.7 Å². The SMILES string of the molecule is Cc1ccc(C(=O)NN/C=C/C(=O)C(C)(C)C)cc1. The van der Waals surface area contributed by atoms with Crippen LogP contribution < -0.4 is 10.9 Å². The summed E-state index contributed by atoms with van der Waals surface area (Å²) in [6, 6.07) is 7.23. The summed E-state index contributed by atoms with van der Waals surface area (Å²) in [5.41, 5.74) is 6.34. The van der Waals surface area contributed by atoms with Gasteiger partial charge in [0.15, 0.2) is 5.78 Å². The van der Waals surface area contributed by atoms with E-state index >= 15 is 0 Å². The number of aryl methyl sites for hydroxylation is 1. The van der Waals surface area contributed by atoms with Gasteiger partial charge in [-0.15, -0.1) is 0 Å². The number of allylic oxidation sites excluding steroid dienone is 1. The van der Waals surface area contributed by atoms with Crippen LogP contribution in [-0.4, -0.2) is 11.7 Å². The molecule has 102 valence electrons. The van der Waals surface area contributed by atoms with E-state index in [-0.39, 0.29) is 11.7 Å². The van der Waals surface area contributed by atoms with Gasteiger partial charge in [-0.05, 0) is 25.1 Å². The molecule has 0 aliphatic carbocycles. The van der Waals surface area contributed by atoms with Gasteiger partial charge in [0.25, 0.3) is 5.91 Å². The number of rotatable bonds is 4. The standard InChI is InChI=1S/C15H20N2O2/c1-11-5-7-12(8-6-11)14(19)17-16-10-9-13(18)15(2,3)4/h5-10,16H,1-4H3,(H,17,19)/b10-9+. The highest BCUT2D eigenvalue weighted by molar-refractivity contribution is 5.95. The fourth-order valence-electron chi connectivity index (χ4n) is 1.25. The summed E-state index contributed by atoms with van der Waals surface area (Å²) in [6.07, 6.45) is 2.84. The molecular formula is C15H20N2O2. The van der Waals surface area contributed by atoms with Crippen LogP contribution >= 0.6 is 0 Å². The van der Waals surface area contributed by atoms with E-state index in [1.54, 1.807) is 12.1 Å². The van der Waals surface area contributed by atoms with Crippen molar-refractivity contribution in [2.45, 2.75) is 27.7 Å². The lowest BCUT2D eigenvalue weighted by molar-refractivity contribution is -0.121. The van der Waals surface area contributed by atoms with Crippen LogP contribution in [0.5, 0.6) is 0 Å². The van der Waals surface area contributed by atoms with Crippen molar-refractivity contribution in [3.8, 4) is 0 Å². The van der Waals surface area contributed by atoms with Crippen LogP contribution in [0.1, 0.15) is 36.7 Å². The summed E-state index contributed by atoms with van der Waals surface area (Å²) in [5, 5.41) is 0. The van der Waals surface area contributed by atoms with Gasteiger partial charge in [0.2, 0.25) is 0 Å². The molecule has 0 aliphatic rings. The first-order valence-electron chi connectivity index (χ1n) is 6.14. The highest BCUT2D eigenvalue weighted by atomic mass is 16.2. The lowest BCUT2D eigenvalue weighted by atomic mass is 9.91. The first kappa shape index (κ1) is 15.0. The van der Waals surface area contributed by atoms with Gasteiger partial charge in [0.1, 0.15) is 0 Å². The third-order valence-electron chi connectivity index (χ3n) is 2.56. The number of nitrogens with one attached hydrogen (secondary N) is 2. The highest BCUT2D eigenvalue weighted by Gasteiger charge is 2.17. The molecule has 1 rings (SSSR count). The lowest BCUT2D eigenvalue weighted by Gasteiger charge is -2.13. The first-order chi connectivity index (χ1) is 8.80. The van der Waals surface area contributed by atoms with Gasteiger partial charge in [0.05, 0.1) is 0 Å². The van der Waals surface area contributed by atoms with Crippen LogP contribution in [0, 0.1) is 12.3 Å². The molecule has 0 heterocycles. The number of hydrogen-bond donors (Lipinski definition) is 2. The van der Waals surface area contributed by atoms with Crippen molar-refractivity contribution in [1.82, 2.24) is 10.9 Å². The molecule has 0 radical (unpaired) electrons.